The van der Waals surface area contributed by atoms with Crippen LogP contribution >= 0.6 is 11.3 Å². The molecule has 0 bridgehead atoms. The second kappa shape index (κ2) is 6.47. The standard InChI is InChI=1S/C14H20N4OS/c15-6-3-11-4-7-18(8-5-11)10-13-16-14(19-17-13)12-2-1-9-20-12/h1-2,9,11H,3-8,10,15H2. The predicted molar refractivity (Wildman–Crippen MR) is 79.3 cm³/mol. The summed E-state index contributed by atoms with van der Waals surface area (Å²) in [5.41, 5.74) is 5.62. The van der Waals surface area contributed by atoms with E-state index in [-0.39, 0.29) is 0 Å². The molecular formula is C14H20N4OS. The van der Waals surface area contributed by atoms with E-state index in [1.54, 1.807) is 11.3 Å². The molecule has 5 nitrogen and oxygen atoms in total. The molecule has 0 radical (unpaired) electrons. The third-order valence-corrected chi connectivity index (χ3v) is 4.70. The molecule has 6 heteroatoms. The Bertz CT molecular complexity index is 517. The van der Waals surface area contributed by atoms with Gasteiger partial charge in [-0.05, 0) is 56.3 Å². The highest BCUT2D eigenvalue weighted by atomic mass is 32.1. The molecular weight excluding hydrogens is 272 g/mol. The van der Waals surface area contributed by atoms with E-state index >= 15 is 0 Å². The molecule has 1 saturated heterocycles. The van der Waals surface area contributed by atoms with Gasteiger partial charge < -0.3 is 10.3 Å². The number of likely N-dealkylation sites (tertiary alicyclic amines) is 1. The van der Waals surface area contributed by atoms with Crippen LogP contribution in [0.5, 0.6) is 0 Å². The maximum absolute atomic E-state index is 5.62. The number of hydrogen-bond donors (Lipinski definition) is 1. The number of aromatic nitrogens is 2. The van der Waals surface area contributed by atoms with E-state index in [1.165, 1.54) is 12.8 Å². The minimum atomic E-state index is 0.632. The fraction of sp³-hybridized carbons (Fsp3) is 0.571. The van der Waals surface area contributed by atoms with E-state index in [0.29, 0.717) is 5.89 Å². The minimum absolute atomic E-state index is 0.632. The predicted octanol–water partition coefficient (Wildman–Crippen LogP) is 2.36. The van der Waals surface area contributed by atoms with Crippen LogP contribution < -0.4 is 5.73 Å². The Morgan fingerprint density at radius 3 is 2.95 bits per heavy atom. The molecule has 0 saturated carbocycles. The van der Waals surface area contributed by atoms with Crippen molar-refractivity contribution in [2.75, 3.05) is 19.6 Å². The van der Waals surface area contributed by atoms with E-state index in [4.69, 9.17) is 10.3 Å². The Hall–Kier alpha value is -1.24. The van der Waals surface area contributed by atoms with E-state index in [1.807, 2.05) is 17.5 Å². The lowest BCUT2D eigenvalue weighted by Crippen LogP contribution is -2.34. The summed E-state index contributed by atoms with van der Waals surface area (Å²) in [5.74, 6) is 2.21. The first-order valence-corrected chi connectivity index (χ1v) is 8.02. The van der Waals surface area contributed by atoms with Gasteiger partial charge in [0.25, 0.3) is 5.89 Å². The second-order valence-electron chi connectivity index (χ2n) is 5.29. The molecule has 20 heavy (non-hydrogen) atoms. The van der Waals surface area contributed by atoms with Crippen molar-refractivity contribution in [2.45, 2.75) is 25.8 Å². The Balaban J connectivity index is 1.54. The molecule has 0 atom stereocenters. The van der Waals surface area contributed by atoms with Crippen LogP contribution in [0.3, 0.4) is 0 Å². The van der Waals surface area contributed by atoms with E-state index < -0.39 is 0 Å². The van der Waals surface area contributed by atoms with Gasteiger partial charge >= 0.3 is 0 Å². The Labute approximate surface area is 122 Å². The van der Waals surface area contributed by atoms with Crippen LogP contribution in [0.4, 0.5) is 0 Å². The van der Waals surface area contributed by atoms with Crippen molar-refractivity contribution in [1.82, 2.24) is 15.0 Å². The lowest BCUT2D eigenvalue weighted by molar-refractivity contribution is 0.168. The summed E-state index contributed by atoms with van der Waals surface area (Å²) in [7, 11) is 0. The summed E-state index contributed by atoms with van der Waals surface area (Å²) in [5, 5.41) is 6.10. The lowest BCUT2D eigenvalue weighted by Gasteiger charge is -2.30. The summed E-state index contributed by atoms with van der Waals surface area (Å²) in [4.78, 5) is 7.90. The van der Waals surface area contributed by atoms with Gasteiger partial charge in [-0.1, -0.05) is 11.2 Å². The first-order valence-electron chi connectivity index (χ1n) is 7.14. The monoisotopic (exact) mass is 292 g/mol. The first kappa shape index (κ1) is 13.7. The number of hydrogen-bond acceptors (Lipinski definition) is 6. The summed E-state index contributed by atoms with van der Waals surface area (Å²) in [6, 6.07) is 3.99. The zero-order valence-electron chi connectivity index (χ0n) is 11.5. The molecule has 0 spiro atoms. The van der Waals surface area contributed by atoms with Crippen molar-refractivity contribution in [2.24, 2.45) is 11.7 Å². The van der Waals surface area contributed by atoms with Gasteiger partial charge in [0.05, 0.1) is 11.4 Å². The third-order valence-electron chi connectivity index (χ3n) is 3.85. The van der Waals surface area contributed by atoms with Crippen molar-refractivity contribution in [3.63, 3.8) is 0 Å². The molecule has 1 aliphatic heterocycles. The van der Waals surface area contributed by atoms with Crippen molar-refractivity contribution in [1.29, 1.82) is 0 Å². The quantitative estimate of drug-likeness (QED) is 0.916. The molecule has 0 unspecified atom stereocenters. The normalized spacial score (nSPS) is 17.6. The van der Waals surface area contributed by atoms with Gasteiger partial charge in [0.1, 0.15) is 0 Å². The van der Waals surface area contributed by atoms with Crippen LogP contribution in [0.2, 0.25) is 0 Å². The summed E-state index contributed by atoms with van der Waals surface area (Å²) >= 11 is 1.62. The topological polar surface area (TPSA) is 68.2 Å². The van der Waals surface area contributed by atoms with Gasteiger partial charge in [-0.3, -0.25) is 4.90 Å². The van der Waals surface area contributed by atoms with Gasteiger partial charge in [0.15, 0.2) is 5.82 Å². The van der Waals surface area contributed by atoms with Crippen LogP contribution in [0.15, 0.2) is 22.0 Å². The molecule has 108 valence electrons. The van der Waals surface area contributed by atoms with Crippen LogP contribution in [0.1, 0.15) is 25.1 Å². The van der Waals surface area contributed by atoms with Crippen LogP contribution in [-0.2, 0) is 6.54 Å². The van der Waals surface area contributed by atoms with Crippen molar-refractivity contribution >= 4 is 11.3 Å². The molecule has 0 aliphatic carbocycles. The average molecular weight is 292 g/mol. The van der Waals surface area contributed by atoms with Gasteiger partial charge in [-0.25, -0.2) is 0 Å². The third kappa shape index (κ3) is 3.26. The number of rotatable bonds is 5. The van der Waals surface area contributed by atoms with Gasteiger partial charge in [-0.15, -0.1) is 11.3 Å². The maximum atomic E-state index is 5.62. The molecule has 3 heterocycles. The largest absolute Gasteiger partial charge is 0.333 e. The Morgan fingerprint density at radius 1 is 1.40 bits per heavy atom. The molecule has 2 aromatic rings. The second-order valence-corrected chi connectivity index (χ2v) is 6.24. The number of thiophene rings is 1. The Kier molecular flexibility index (Phi) is 4.44. The van der Waals surface area contributed by atoms with Crippen molar-refractivity contribution in [3.8, 4) is 10.8 Å². The molecule has 0 amide bonds. The van der Waals surface area contributed by atoms with Gasteiger partial charge in [0, 0.05) is 0 Å². The first-order chi connectivity index (χ1) is 9.85. The SMILES string of the molecule is NCCC1CCN(Cc2noc(-c3cccs3)n2)CC1. The fourth-order valence-electron chi connectivity index (χ4n) is 2.69. The van der Waals surface area contributed by atoms with Crippen LogP contribution in [-0.4, -0.2) is 34.7 Å². The fourth-order valence-corrected chi connectivity index (χ4v) is 3.33. The molecule has 2 aromatic heterocycles. The maximum Gasteiger partial charge on any atom is 0.268 e. The molecule has 1 aliphatic rings. The number of nitrogens with zero attached hydrogens (tertiary/aromatic N) is 3. The Morgan fingerprint density at radius 2 is 2.25 bits per heavy atom. The summed E-state index contributed by atoms with van der Waals surface area (Å²) < 4.78 is 5.32. The lowest BCUT2D eigenvalue weighted by atomic mass is 9.94. The van der Waals surface area contributed by atoms with E-state index in [0.717, 1.165) is 49.2 Å². The van der Waals surface area contributed by atoms with E-state index in [9.17, 15) is 0 Å². The number of nitrogens with two attached hydrogens (primary N) is 1. The average Bonchev–Trinajstić information content (AvgIpc) is 3.12. The highest BCUT2D eigenvalue weighted by molar-refractivity contribution is 7.13. The van der Waals surface area contributed by atoms with Crippen molar-refractivity contribution in [3.05, 3.63) is 23.3 Å². The summed E-state index contributed by atoms with van der Waals surface area (Å²) in [6.45, 7) is 3.80. The highest BCUT2D eigenvalue weighted by Crippen LogP contribution is 2.24. The van der Waals surface area contributed by atoms with Crippen LogP contribution in [0, 0.1) is 5.92 Å². The highest BCUT2D eigenvalue weighted by Gasteiger charge is 2.20. The van der Waals surface area contributed by atoms with Crippen LogP contribution in [0.25, 0.3) is 10.8 Å². The van der Waals surface area contributed by atoms with Gasteiger partial charge in [-0.2, -0.15) is 4.98 Å². The molecule has 1 fully saturated rings. The molecule has 3 rings (SSSR count). The van der Waals surface area contributed by atoms with Gasteiger partial charge in [0.2, 0.25) is 0 Å². The smallest absolute Gasteiger partial charge is 0.268 e. The van der Waals surface area contributed by atoms with E-state index in [2.05, 4.69) is 15.0 Å². The minimum Gasteiger partial charge on any atom is -0.333 e. The zero-order chi connectivity index (χ0) is 13.8. The summed E-state index contributed by atoms with van der Waals surface area (Å²) in [6.07, 6.45) is 3.61. The zero-order valence-corrected chi connectivity index (χ0v) is 12.3. The number of piperidine rings is 1. The van der Waals surface area contributed by atoms with Crippen molar-refractivity contribution < 1.29 is 4.52 Å². The molecule has 0 aromatic carbocycles. The molecule has 2 N–H and O–H groups in total.